The molecule has 2 aliphatic heterocycles. The largest absolute Gasteiger partial charge is 0.494 e. The lowest BCUT2D eigenvalue weighted by Gasteiger charge is -2.29. The maximum absolute atomic E-state index is 12.7. The van der Waals surface area contributed by atoms with Gasteiger partial charge in [-0.15, -0.1) is 0 Å². The van der Waals surface area contributed by atoms with Crippen molar-refractivity contribution in [2.24, 2.45) is 0 Å². The molecular formula is C17H20N2O4. The van der Waals surface area contributed by atoms with E-state index in [4.69, 9.17) is 4.74 Å². The number of ether oxygens (including phenoxy) is 1. The van der Waals surface area contributed by atoms with E-state index in [9.17, 15) is 14.4 Å². The van der Waals surface area contributed by atoms with Crippen LogP contribution in [0.3, 0.4) is 0 Å². The molecule has 0 N–H and O–H groups in total. The van der Waals surface area contributed by atoms with E-state index in [0.717, 1.165) is 0 Å². The van der Waals surface area contributed by atoms with Gasteiger partial charge in [0.1, 0.15) is 11.5 Å². The summed E-state index contributed by atoms with van der Waals surface area (Å²) < 4.78 is 5.37. The van der Waals surface area contributed by atoms with Gasteiger partial charge in [0.25, 0.3) is 5.91 Å². The van der Waals surface area contributed by atoms with Gasteiger partial charge in [0, 0.05) is 25.9 Å². The third-order valence-corrected chi connectivity index (χ3v) is 4.33. The van der Waals surface area contributed by atoms with Gasteiger partial charge in [-0.3, -0.25) is 19.3 Å². The zero-order valence-electron chi connectivity index (χ0n) is 13.2. The monoisotopic (exact) mass is 316 g/mol. The van der Waals surface area contributed by atoms with Gasteiger partial charge in [-0.1, -0.05) is 0 Å². The highest BCUT2D eigenvalue weighted by Crippen LogP contribution is 2.28. The second-order valence-corrected chi connectivity index (χ2v) is 5.79. The van der Waals surface area contributed by atoms with E-state index >= 15 is 0 Å². The normalized spacial score (nSPS) is 22.7. The molecule has 6 heteroatoms. The standard InChI is InChI=1S/C17H20N2O4/c1-2-23-14-5-3-12(4-6-14)19-16(21)11-15(17(19)22)18-9-7-13(20)8-10-18/h3-6,15H,2,7-11H2,1H3/t15-/m0/s1. The van der Waals surface area contributed by atoms with Crippen LogP contribution in [0.4, 0.5) is 5.69 Å². The van der Waals surface area contributed by atoms with Crippen molar-refractivity contribution in [2.75, 3.05) is 24.6 Å². The van der Waals surface area contributed by atoms with Gasteiger partial charge in [0.05, 0.1) is 24.8 Å². The molecule has 6 nitrogen and oxygen atoms in total. The average Bonchev–Trinajstić information content (AvgIpc) is 2.84. The van der Waals surface area contributed by atoms with Crippen LogP contribution in [-0.2, 0) is 14.4 Å². The van der Waals surface area contributed by atoms with E-state index in [2.05, 4.69) is 0 Å². The summed E-state index contributed by atoms with van der Waals surface area (Å²) in [5, 5.41) is 0. The van der Waals surface area contributed by atoms with Crippen LogP contribution in [0.15, 0.2) is 24.3 Å². The van der Waals surface area contributed by atoms with Crippen molar-refractivity contribution in [2.45, 2.75) is 32.2 Å². The van der Waals surface area contributed by atoms with Crippen molar-refractivity contribution in [1.29, 1.82) is 0 Å². The number of nitrogens with zero attached hydrogens (tertiary/aromatic N) is 2. The van der Waals surface area contributed by atoms with Gasteiger partial charge in [0.2, 0.25) is 5.91 Å². The number of amides is 2. The summed E-state index contributed by atoms with van der Waals surface area (Å²) in [5.74, 6) is 0.539. The summed E-state index contributed by atoms with van der Waals surface area (Å²) in [4.78, 5) is 39.5. The molecule has 2 aliphatic rings. The molecule has 0 bridgehead atoms. The number of ketones is 1. The summed E-state index contributed by atoms with van der Waals surface area (Å²) in [7, 11) is 0. The molecule has 122 valence electrons. The van der Waals surface area contributed by atoms with Crippen LogP contribution in [0.1, 0.15) is 26.2 Å². The molecule has 1 aromatic rings. The van der Waals surface area contributed by atoms with E-state index in [-0.39, 0.29) is 24.0 Å². The summed E-state index contributed by atoms with van der Waals surface area (Å²) in [6.07, 6.45) is 1.10. The van der Waals surface area contributed by atoms with Crippen LogP contribution < -0.4 is 9.64 Å². The number of rotatable bonds is 4. The molecule has 0 aliphatic carbocycles. The quantitative estimate of drug-likeness (QED) is 0.785. The molecule has 0 spiro atoms. The summed E-state index contributed by atoms with van der Waals surface area (Å²) in [6.45, 7) is 3.57. The Labute approximate surface area is 135 Å². The highest BCUT2D eigenvalue weighted by molar-refractivity contribution is 6.22. The third kappa shape index (κ3) is 3.12. The Morgan fingerprint density at radius 1 is 1.09 bits per heavy atom. The lowest BCUT2D eigenvalue weighted by molar-refractivity contribution is -0.127. The number of imide groups is 1. The van der Waals surface area contributed by atoms with Crippen LogP contribution in [0.5, 0.6) is 5.75 Å². The Bertz CT molecular complexity index is 616. The lowest BCUT2D eigenvalue weighted by Crippen LogP contribution is -2.46. The van der Waals surface area contributed by atoms with Crippen LogP contribution in [0.2, 0.25) is 0 Å². The topological polar surface area (TPSA) is 66.9 Å². The van der Waals surface area contributed by atoms with Crippen LogP contribution >= 0.6 is 0 Å². The van der Waals surface area contributed by atoms with Crippen LogP contribution in [0.25, 0.3) is 0 Å². The van der Waals surface area contributed by atoms with Crippen molar-refractivity contribution in [3.63, 3.8) is 0 Å². The number of Topliss-reactive ketones (excluding diaryl/α,β-unsaturated/α-hetero) is 1. The fraction of sp³-hybridized carbons (Fsp3) is 0.471. The van der Waals surface area contributed by atoms with E-state index in [1.54, 1.807) is 24.3 Å². The fourth-order valence-electron chi connectivity index (χ4n) is 3.12. The predicted octanol–water partition coefficient (Wildman–Crippen LogP) is 1.38. The first-order valence-corrected chi connectivity index (χ1v) is 7.95. The first-order chi connectivity index (χ1) is 11.1. The first-order valence-electron chi connectivity index (χ1n) is 7.95. The number of piperidine rings is 1. The number of carbonyl (C=O) groups is 3. The minimum Gasteiger partial charge on any atom is -0.494 e. The fourth-order valence-corrected chi connectivity index (χ4v) is 3.12. The maximum Gasteiger partial charge on any atom is 0.251 e. The Morgan fingerprint density at radius 2 is 1.74 bits per heavy atom. The number of benzene rings is 1. The molecule has 3 rings (SSSR count). The number of likely N-dealkylation sites (tertiary alicyclic amines) is 1. The molecule has 2 amide bonds. The van der Waals surface area contributed by atoms with E-state index in [0.29, 0.717) is 44.0 Å². The Balaban J connectivity index is 1.74. The number of hydrogen-bond acceptors (Lipinski definition) is 5. The highest BCUT2D eigenvalue weighted by atomic mass is 16.5. The molecule has 2 fully saturated rings. The van der Waals surface area contributed by atoms with Crippen molar-refractivity contribution < 1.29 is 19.1 Å². The van der Waals surface area contributed by atoms with Gasteiger partial charge >= 0.3 is 0 Å². The summed E-state index contributed by atoms with van der Waals surface area (Å²) in [6, 6.07) is 6.52. The number of hydrogen-bond donors (Lipinski definition) is 0. The van der Waals surface area contributed by atoms with Crippen molar-refractivity contribution in [3.8, 4) is 5.75 Å². The molecule has 0 saturated carbocycles. The second kappa shape index (κ2) is 6.50. The molecule has 1 atom stereocenters. The predicted molar refractivity (Wildman–Crippen MR) is 84.3 cm³/mol. The van der Waals surface area contributed by atoms with Crippen molar-refractivity contribution in [1.82, 2.24) is 4.90 Å². The molecule has 1 aromatic carbocycles. The maximum atomic E-state index is 12.7. The van der Waals surface area contributed by atoms with E-state index < -0.39 is 6.04 Å². The van der Waals surface area contributed by atoms with E-state index in [1.807, 2.05) is 11.8 Å². The minimum absolute atomic E-state index is 0.181. The molecule has 2 saturated heterocycles. The van der Waals surface area contributed by atoms with Gasteiger partial charge in [-0.05, 0) is 31.2 Å². The summed E-state index contributed by atoms with van der Waals surface area (Å²) >= 11 is 0. The molecular weight excluding hydrogens is 296 g/mol. The van der Waals surface area contributed by atoms with Gasteiger partial charge in [-0.25, -0.2) is 4.90 Å². The van der Waals surface area contributed by atoms with Crippen LogP contribution in [-0.4, -0.2) is 48.2 Å². The molecule has 2 heterocycles. The highest BCUT2D eigenvalue weighted by Gasteiger charge is 2.43. The number of anilines is 1. The van der Waals surface area contributed by atoms with Gasteiger partial charge in [0.15, 0.2) is 0 Å². The smallest absolute Gasteiger partial charge is 0.251 e. The third-order valence-electron chi connectivity index (χ3n) is 4.33. The Morgan fingerprint density at radius 3 is 2.35 bits per heavy atom. The van der Waals surface area contributed by atoms with Gasteiger partial charge in [-0.2, -0.15) is 0 Å². The van der Waals surface area contributed by atoms with Crippen molar-refractivity contribution in [3.05, 3.63) is 24.3 Å². The van der Waals surface area contributed by atoms with Crippen molar-refractivity contribution >= 4 is 23.3 Å². The van der Waals surface area contributed by atoms with Gasteiger partial charge < -0.3 is 4.74 Å². The Kier molecular flexibility index (Phi) is 4.43. The molecule has 23 heavy (non-hydrogen) atoms. The molecule has 0 unspecified atom stereocenters. The average molecular weight is 316 g/mol. The minimum atomic E-state index is -0.442. The first kappa shape index (κ1) is 15.7. The Hall–Kier alpha value is -2.21. The second-order valence-electron chi connectivity index (χ2n) is 5.79. The zero-order valence-corrected chi connectivity index (χ0v) is 13.2. The molecule has 0 aromatic heterocycles. The summed E-state index contributed by atoms with van der Waals surface area (Å²) in [5.41, 5.74) is 0.569. The lowest BCUT2D eigenvalue weighted by atomic mass is 10.1. The SMILES string of the molecule is CCOc1ccc(N2C(=O)C[C@H](N3CCC(=O)CC3)C2=O)cc1. The molecule has 0 radical (unpaired) electrons. The van der Waals surface area contributed by atoms with E-state index in [1.165, 1.54) is 4.90 Å². The zero-order chi connectivity index (χ0) is 16.4. The van der Waals surface area contributed by atoms with Crippen LogP contribution in [0, 0.1) is 0 Å². The number of carbonyl (C=O) groups excluding carboxylic acids is 3.